The minimum Gasteiger partial charge on any atom is -0.378 e. The highest BCUT2D eigenvalue weighted by Crippen LogP contribution is 2.23. The summed E-state index contributed by atoms with van der Waals surface area (Å²) in [6.07, 6.45) is 4.14. The van der Waals surface area contributed by atoms with Crippen molar-refractivity contribution in [2.75, 3.05) is 26.2 Å². The Hall–Kier alpha value is -2.03. The van der Waals surface area contributed by atoms with Gasteiger partial charge in [-0.3, -0.25) is 4.79 Å². The lowest BCUT2D eigenvalue weighted by molar-refractivity contribution is 0.00844. The Morgan fingerprint density at radius 3 is 2.84 bits per heavy atom. The quantitative estimate of drug-likeness (QED) is 0.775. The van der Waals surface area contributed by atoms with Crippen LogP contribution in [0.15, 0.2) is 24.5 Å². The first-order chi connectivity index (χ1) is 12.2. The fourth-order valence-corrected chi connectivity index (χ4v) is 3.05. The Labute approximate surface area is 150 Å². The van der Waals surface area contributed by atoms with Crippen molar-refractivity contribution >= 4 is 17.5 Å². The number of carbonyl (C=O) groups is 1. The van der Waals surface area contributed by atoms with Crippen LogP contribution in [0.1, 0.15) is 29.6 Å². The minimum absolute atomic E-state index is 0.0755. The van der Waals surface area contributed by atoms with E-state index in [-0.39, 0.29) is 12.0 Å². The van der Waals surface area contributed by atoms with E-state index in [9.17, 15) is 4.79 Å². The highest BCUT2D eigenvalue weighted by Gasteiger charge is 2.26. The first-order valence-electron chi connectivity index (χ1n) is 8.33. The van der Waals surface area contributed by atoms with Crippen LogP contribution >= 0.6 is 11.6 Å². The van der Waals surface area contributed by atoms with Gasteiger partial charge in [0.15, 0.2) is 0 Å². The number of amides is 1. The van der Waals surface area contributed by atoms with Crippen molar-refractivity contribution in [3.63, 3.8) is 0 Å². The molecule has 1 amide bonds. The van der Waals surface area contributed by atoms with E-state index in [0.717, 1.165) is 19.3 Å². The number of piperidine rings is 1. The molecule has 0 unspecified atom stereocenters. The molecule has 1 aromatic carbocycles. The van der Waals surface area contributed by atoms with Crippen LogP contribution in [0.2, 0.25) is 5.02 Å². The van der Waals surface area contributed by atoms with Crippen LogP contribution in [0, 0.1) is 0 Å². The average molecular weight is 365 g/mol. The van der Waals surface area contributed by atoms with Gasteiger partial charge >= 0.3 is 0 Å². The number of ether oxygens (including phenoxy) is 1. The van der Waals surface area contributed by atoms with Crippen LogP contribution in [-0.2, 0) is 4.74 Å². The molecule has 2 aromatic rings. The molecule has 8 nitrogen and oxygen atoms in total. The number of nitrogens with two attached hydrogens (primary N) is 1. The first kappa shape index (κ1) is 17.8. The van der Waals surface area contributed by atoms with Gasteiger partial charge in [0, 0.05) is 24.7 Å². The lowest BCUT2D eigenvalue weighted by Crippen LogP contribution is -2.41. The Morgan fingerprint density at radius 2 is 2.16 bits per heavy atom. The van der Waals surface area contributed by atoms with E-state index in [2.05, 4.69) is 15.5 Å². The Balaban J connectivity index is 1.69. The first-order valence-corrected chi connectivity index (χ1v) is 8.70. The van der Waals surface area contributed by atoms with Gasteiger partial charge in [0.25, 0.3) is 5.91 Å². The zero-order valence-corrected chi connectivity index (χ0v) is 14.6. The normalized spacial score (nSPS) is 15.5. The second-order valence-corrected chi connectivity index (χ2v) is 6.36. The molecule has 9 heteroatoms. The van der Waals surface area contributed by atoms with Gasteiger partial charge in [-0.2, -0.15) is 4.68 Å². The molecule has 0 radical (unpaired) electrons. The summed E-state index contributed by atoms with van der Waals surface area (Å²) in [6, 6.07) is 5.12. The number of hydrogen-bond acceptors (Lipinski definition) is 6. The molecule has 1 fully saturated rings. The molecule has 2 heterocycles. The third-order valence-corrected chi connectivity index (χ3v) is 4.45. The molecule has 3 rings (SSSR count). The maximum atomic E-state index is 13.0. The summed E-state index contributed by atoms with van der Waals surface area (Å²) < 4.78 is 7.25. The lowest BCUT2D eigenvalue weighted by atomic mass is 10.1. The number of rotatable bonds is 6. The maximum Gasteiger partial charge on any atom is 0.256 e. The Morgan fingerprint density at radius 1 is 1.36 bits per heavy atom. The van der Waals surface area contributed by atoms with Crippen LogP contribution in [0.25, 0.3) is 5.69 Å². The molecule has 134 valence electrons. The molecule has 0 spiro atoms. The van der Waals surface area contributed by atoms with E-state index in [0.29, 0.717) is 42.5 Å². The van der Waals surface area contributed by atoms with E-state index < -0.39 is 0 Å². The summed E-state index contributed by atoms with van der Waals surface area (Å²) in [7, 11) is 0. The molecule has 1 aliphatic rings. The molecule has 25 heavy (non-hydrogen) atoms. The summed E-state index contributed by atoms with van der Waals surface area (Å²) in [5.41, 5.74) is 6.58. The van der Waals surface area contributed by atoms with Gasteiger partial charge in [0.1, 0.15) is 6.33 Å². The molecule has 1 aromatic heterocycles. The third-order valence-electron chi connectivity index (χ3n) is 4.22. The molecule has 0 saturated carbocycles. The molecular weight excluding hydrogens is 344 g/mol. The van der Waals surface area contributed by atoms with E-state index in [1.54, 1.807) is 18.2 Å². The van der Waals surface area contributed by atoms with Crippen molar-refractivity contribution < 1.29 is 9.53 Å². The van der Waals surface area contributed by atoms with Crippen molar-refractivity contribution in [3.05, 3.63) is 35.1 Å². The summed E-state index contributed by atoms with van der Waals surface area (Å²) >= 11 is 6.09. The number of aromatic nitrogens is 4. The molecular formula is C16H21ClN6O2. The molecule has 1 saturated heterocycles. The van der Waals surface area contributed by atoms with Crippen molar-refractivity contribution in [1.29, 1.82) is 0 Å². The molecule has 2 N–H and O–H groups in total. The largest absolute Gasteiger partial charge is 0.378 e. The van der Waals surface area contributed by atoms with Gasteiger partial charge in [-0.25, -0.2) is 0 Å². The van der Waals surface area contributed by atoms with Crippen molar-refractivity contribution in [2.24, 2.45) is 5.73 Å². The molecule has 0 bridgehead atoms. The zero-order valence-electron chi connectivity index (χ0n) is 13.8. The molecule has 1 aliphatic heterocycles. The van der Waals surface area contributed by atoms with Gasteiger partial charge in [-0.15, -0.1) is 5.10 Å². The van der Waals surface area contributed by atoms with Gasteiger partial charge in [0.2, 0.25) is 0 Å². The van der Waals surface area contributed by atoms with Crippen LogP contribution in [0.5, 0.6) is 0 Å². The summed E-state index contributed by atoms with van der Waals surface area (Å²) in [5.74, 6) is -0.0755. The fourth-order valence-electron chi connectivity index (χ4n) is 2.88. The van der Waals surface area contributed by atoms with Crippen molar-refractivity contribution in [3.8, 4) is 5.69 Å². The number of tetrazole rings is 1. The van der Waals surface area contributed by atoms with Gasteiger partial charge in [-0.05, 0) is 54.4 Å². The summed E-state index contributed by atoms with van der Waals surface area (Å²) in [6.45, 7) is 2.60. The fraction of sp³-hybridized carbons (Fsp3) is 0.500. The molecule has 0 atom stereocenters. The van der Waals surface area contributed by atoms with E-state index in [4.69, 9.17) is 22.1 Å². The summed E-state index contributed by atoms with van der Waals surface area (Å²) in [5, 5.41) is 11.6. The second kappa shape index (κ2) is 8.37. The van der Waals surface area contributed by atoms with E-state index in [1.165, 1.54) is 11.0 Å². The van der Waals surface area contributed by atoms with Crippen LogP contribution in [-0.4, -0.2) is 63.4 Å². The predicted octanol–water partition coefficient (Wildman–Crippen LogP) is 1.29. The Bertz CT molecular complexity index is 701. The Kier molecular flexibility index (Phi) is 5.95. The van der Waals surface area contributed by atoms with E-state index >= 15 is 0 Å². The number of likely N-dealkylation sites (tertiary alicyclic amines) is 1. The lowest BCUT2D eigenvalue weighted by Gasteiger charge is -2.32. The van der Waals surface area contributed by atoms with Crippen LogP contribution < -0.4 is 5.73 Å². The zero-order chi connectivity index (χ0) is 17.6. The van der Waals surface area contributed by atoms with Crippen LogP contribution in [0.3, 0.4) is 0 Å². The van der Waals surface area contributed by atoms with Gasteiger partial charge in [0.05, 0.1) is 17.4 Å². The van der Waals surface area contributed by atoms with Crippen molar-refractivity contribution in [1.82, 2.24) is 25.1 Å². The van der Waals surface area contributed by atoms with Gasteiger partial charge < -0.3 is 15.4 Å². The SMILES string of the molecule is NCCCOC1CCN(C(=O)c2cc(Cl)ccc2-n2cnnn2)CC1. The molecule has 0 aliphatic carbocycles. The number of carbonyl (C=O) groups excluding carboxylic acids is 1. The third kappa shape index (κ3) is 4.33. The van der Waals surface area contributed by atoms with Gasteiger partial charge in [-0.1, -0.05) is 11.6 Å². The van der Waals surface area contributed by atoms with E-state index in [1.807, 2.05) is 4.90 Å². The average Bonchev–Trinajstić information content (AvgIpc) is 3.16. The maximum absolute atomic E-state index is 13.0. The monoisotopic (exact) mass is 364 g/mol. The van der Waals surface area contributed by atoms with Crippen molar-refractivity contribution in [2.45, 2.75) is 25.4 Å². The topological polar surface area (TPSA) is 99.2 Å². The number of halogens is 1. The minimum atomic E-state index is -0.0755. The standard InChI is InChI=1S/C16H21ClN6O2/c17-12-2-3-15(23-11-19-20-21-23)14(10-12)16(24)22-7-4-13(5-8-22)25-9-1-6-18/h2-3,10-11,13H,1,4-9,18H2. The second-order valence-electron chi connectivity index (χ2n) is 5.92. The number of nitrogens with zero attached hydrogens (tertiary/aromatic N) is 5. The van der Waals surface area contributed by atoms with Crippen LogP contribution in [0.4, 0.5) is 0 Å². The summed E-state index contributed by atoms with van der Waals surface area (Å²) in [4.78, 5) is 14.8. The highest BCUT2D eigenvalue weighted by molar-refractivity contribution is 6.31. The predicted molar refractivity (Wildman–Crippen MR) is 92.7 cm³/mol. The number of benzene rings is 1. The smallest absolute Gasteiger partial charge is 0.256 e. The highest BCUT2D eigenvalue weighted by atomic mass is 35.5. The number of hydrogen-bond donors (Lipinski definition) is 1.